The van der Waals surface area contributed by atoms with Crippen LogP contribution >= 0.6 is 11.6 Å². The molecule has 108 valence electrons. The van der Waals surface area contributed by atoms with Crippen LogP contribution in [0.15, 0.2) is 30.5 Å². The molecule has 0 saturated heterocycles. The van der Waals surface area contributed by atoms with Crippen LogP contribution in [0.2, 0.25) is 5.02 Å². The Morgan fingerprint density at radius 2 is 2.14 bits per heavy atom. The molecular weight excluding hydrogens is 303 g/mol. The zero-order chi connectivity index (χ0) is 15.6. The molecule has 0 atom stereocenters. The number of carbonyl (C=O) groups is 1. The molecule has 0 bridgehead atoms. The van der Waals surface area contributed by atoms with Crippen molar-refractivity contribution in [3.05, 3.63) is 57.0 Å². The number of pyridine rings is 1. The van der Waals surface area contributed by atoms with Crippen LogP contribution in [-0.2, 0) is 0 Å². The number of rotatable bonds is 3. The van der Waals surface area contributed by atoms with Crippen molar-refractivity contribution in [1.82, 2.24) is 4.98 Å². The summed E-state index contributed by atoms with van der Waals surface area (Å²) in [5, 5.41) is 13.6. The van der Waals surface area contributed by atoms with Crippen molar-refractivity contribution >= 4 is 34.7 Å². The summed E-state index contributed by atoms with van der Waals surface area (Å²) in [5.74, 6) is -1.66. The third-order valence-electron chi connectivity index (χ3n) is 2.53. The van der Waals surface area contributed by atoms with Gasteiger partial charge in [-0.2, -0.15) is 0 Å². The number of nitrogen functional groups attached to an aromatic ring is 1. The molecule has 1 aromatic heterocycles. The fraction of sp³-hybridized carbons (Fsp3) is 0. The predicted octanol–water partition coefficient (Wildman–Crippen LogP) is 2.62. The Hall–Kier alpha value is -2.74. The summed E-state index contributed by atoms with van der Waals surface area (Å²) in [6, 6.07) is 4.40. The lowest BCUT2D eigenvalue weighted by molar-refractivity contribution is -0.385. The van der Waals surface area contributed by atoms with E-state index in [0.29, 0.717) is 11.1 Å². The van der Waals surface area contributed by atoms with Crippen molar-refractivity contribution < 1.29 is 14.1 Å². The fourth-order valence-electron chi connectivity index (χ4n) is 1.55. The molecular formula is C12H8ClFN4O3. The number of nitro groups is 1. The largest absolute Gasteiger partial charge is 0.396 e. The van der Waals surface area contributed by atoms with Crippen LogP contribution < -0.4 is 11.1 Å². The first-order valence-corrected chi connectivity index (χ1v) is 5.92. The Labute approximate surface area is 122 Å². The van der Waals surface area contributed by atoms with E-state index in [4.69, 9.17) is 17.3 Å². The number of halogens is 2. The quantitative estimate of drug-likeness (QED) is 0.514. The number of benzene rings is 1. The Morgan fingerprint density at radius 1 is 1.43 bits per heavy atom. The van der Waals surface area contributed by atoms with Crippen molar-refractivity contribution in [1.29, 1.82) is 0 Å². The Bertz CT molecular complexity index is 721. The monoisotopic (exact) mass is 310 g/mol. The van der Waals surface area contributed by atoms with Gasteiger partial charge in [0.2, 0.25) is 0 Å². The molecule has 0 fully saturated rings. The molecule has 0 aliphatic heterocycles. The Kier molecular flexibility index (Phi) is 3.99. The summed E-state index contributed by atoms with van der Waals surface area (Å²) in [5.41, 5.74) is 3.91. The van der Waals surface area contributed by atoms with Crippen LogP contribution in [0.5, 0.6) is 0 Å². The number of nitrogens with zero attached hydrogens (tertiary/aromatic N) is 2. The first-order chi connectivity index (χ1) is 9.88. The molecule has 9 heteroatoms. The average Bonchev–Trinajstić information content (AvgIpc) is 2.43. The van der Waals surface area contributed by atoms with E-state index >= 15 is 0 Å². The van der Waals surface area contributed by atoms with E-state index in [0.717, 1.165) is 6.07 Å². The third kappa shape index (κ3) is 3.23. The summed E-state index contributed by atoms with van der Waals surface area (Å²) < 4.78 is 13.3. The number of nitro benzene ring substituents is 1. The average molecular weight is 311 g/mol. The van der Waals surface area contributed by atoms with E-state index in [1.807, 2.05) is 0 Å². The fourth-order valence-corrected chi connectivity index (χ4v) is 1.66. The van der Waals surface area contributed by atoms with Crippen molar-refractivity contribution in [3.63, 3.8) is 0 Å². The topological polar surface area (TPSA) is 111 Å². The summed E-state index contributed by atoms with van der Waals surface area (Å²) in [6.45, 7) is 0. The maximum Gasteiger partial charge on any atom is 0.285 e. The Morgan fingerprint density at radius 3 is 2.71 bits per heavy atom. The second-order valence-electron chi connectivity index (χ2n) is 3.96. The molecule has 1 heterocycles. The number of nitrogens with two attached hydrogens (primary N) is 1. The van der Waals surface area contributed by atoms with Gasteiger partial charge in [0.25, 0.3) is 11.6 Å². The molecule has 2 rings (SSSR count). The molecule has 0 saturated carbocycles. The molecule has 1 amide bonds. The first-order valence-electron chi connectivity index (χ1n) is 5.55. The first kappa shape index (κ1) is 14.7. The molecule has 0 aliphatic rings. The minimum absolute atomic E-state index is 0.140. The number of carbonyl (C=O) groups excluding carboxylic acids is 1. The smallest absolute Gasteiger partial charge is 0.285 e. The van der Waals surface area contributed by atoms with E-state index in [-0.39, 0.29) is 17.1 Å². The van der Waals surface area contributed by atoms with Crippen molar-refractivity contribution in [2.75, 3.05) is 11.1 Å². The van der Waals surface area contributed by atoms with Crippen LogP contribution in [-0.4, -0.2) is 15.8 Å². The number of anilines is 2. The zero-order valence-electron chi connectivity index (χ0n) is 10.3. The number of hydrogen-bond acceptors (Lipinski definition) is 5. The van der Waals surface area contributed by atoms with Gasteiger partial charge < -0.3 is 11.1 Å². The lowest BCUT2D eigenvalue weighted by Crippen LogP contribution is -2.15. The molecule has 0 radical (unpaired) electrons. The minimum atomic E-state index is -0.970. The summed E-state index contributed by atoms with van der Waals surface area (Å²) in [6.07, 6.45) is 1.30. The highest BCUT2D eigenvalue weighted by Crippen LogP contribution is 2.25. The van der Waals surface area contributed by atoms with Crippen LogP contribution in [0.4, 0.5) is 21.6 Å². The van der Waals surface area contributed by atoms with Gasteiger partial charge in [-0.25, -0.2) is 9.37 Å². The van der Waals surface area contributed by atoms with Gasteiger partial charge in [0.15, 0.2) is 5.82 Å². The van der Waals surface area contributed by atoms with E-state index < -0.39 is 22.3 Å². The van der Waals surface area contributed by atoms with Gasteiger partial charge in [-0.1, -0.05) is 11.6 Å². The van der Waals surface area contributed by atoms with Crippen molar-refractivity contribution in [3.8, 4) is 0 Å². The molecule has 2 aromatic rings. The van der Waals surface area contributed by atoms with E-state index in [1.54, 1.807) is 0 Å². The van der Waals surface area contributed by atoms with E-state index in [2.05, 4.69) is 10.3 Å². The molecule has 0 unspecified atom stereocenters. The number of amides is 1. The van der Waals surface area contributed by atoms with Gasteiger partial charge in [0.1, 0.15) is 11.4 Å². The summed E-state index contributed by atoms with van der Waals surface area (Å²) >= 11 is 5.65. The standard InChI is InChI=1S/C12H8ClFN4O3/c13-6-1-2-11(16-5-6)17-12(19)7-3-9(15)8(14)4-10(7)18(20)21/h1-5H,15H2,(H,16,17,19). The molecule has 1 aromatic carbocycles. The predicted molar refractivity (Wildman–Crippen MR) is 74.7 cm³/mol. The van der Waals surface area contributed by atoms with Gasteiger partial charge >= 0.3 is 0 Å². The number of hydrogen-bond donors (Lipinski definition) is 2. The normalized spacial score (nSPS) is 10.2. The second kappa shape index (κ2) is 5.71. The van der Waals surface area contributed by atoms with Crippen LogP contribution in [0, 0.1) is 15.9 Å². The highest BCUT2D eigenvalue weighted by Gasteiger charge is 2.23. The zero-order valence-corrected chi connectivity index (χ0v) is 11.1. The van der Waals surface area contributed by atoms with Gasteiger partial charge in [-0.15, -0.1) is 0 Å². The minimum Gasteiger partial charge on any atom is -0.396 e. The highest BCUT2D eigenvalue weighted by atomic mass is 35.5. The van der Waals surface area contributed by atoms with Crippen LogP contribution in [0.25, 0.3) is 0 Å². The van der Waals surface area contributed by atoms with Gasteiger partial charge in [0.05, 0.1) is 21.7 Å². The number of aromatic nitrogens is 1. The van der Waals surface area contributed by atoms with Gasteiger partial charge in [-0.05, 0) is 18.2 Å². The number of nitrogens with one attached hydrogen (secondary N) is 1. The van der Waals surface area contributed by atoms with Gasteiger partial charge in [0, 0.05) is 6.20 Å². The lowest BCUT2D eigenvalue weighted by atomic mass is 10.1. The van der Waals surface area contributed by atoms with E-state index in [1.165, 1.54) is 18.3 Å². The molecule has 7 nitrogen and oxygen atoms in total. The second-order valence-corrected chi connectivity index (χ2v) is 4.40. The van der Waals surface area contributed by atoms with Crippen molar-refractivity contribution in [2.45, 2.75) is 0 Å². The highest BCUT2D eigenvalue weighted by molar-refractivity contribution is 6.30. The molecule has 21 heavy (non-hydrogen) atoms. The maximum absolute atomic E-state index is 13.3. The summed E-state index contributed by atoms with van der Waals surface area (Å²) in [4.78, 5) is 25.8. The van der Waals surface area contributed by atoms with Crippen molar-refractivity contribution in [2.24, 2.45) is 0 Å². The van der Waals surface area contributed by atoms with E-state index in [9.17, 15) is 19.3 Å². The van der Waals surface area contributed by atoms with Gasteiger partial charge in [-0.3, -0.25) is 14.9 Å². The summed E-state index contributed by atoms with van der Waals surface area (Å²) in [7, 11) is 0. The third-order valence-corrected chi connectivity index (χ3v) is 2.75. The lowest BCUT2D eigenvalue weighted by Gasteiger charge is -2.06. The Balaban J connectivity index is 2.36. The maximum atomic E-state index is 13.3. The SMILES string of the molecule is Nc1cc(C(=O)Nc2ccc(Cl)cn2)c([N+](=O)[O-])cc1F. The molecule has 0 aliphatic carbocycles. The molecule has 0 spiro atoms. The van der Waals surface area contributed by atoms with Crippen LogP contribution in [0.3, 0.4) is 0 Å². The molecule has 3 N–H and O–H groups in total. The van der Waals surface area contributed by atoms with Crippen LogP contribution in [0.1, 0.15) is 10.4 Å².